The fourth-order valence-electron chi connectivity index (χ4n) is 3.22. The van der Waals surface area contributed by atoms with E-state index in [0.29, 0.717) is 12.8 Å². The Labute approximate surface area is 101 Å². The lowest BCUT2D eigenvalue weighted by Crippen LogP contribution is -2.48. The fraction of sp³-hybridized carbons (Fsp3) is 0.571. The lowest BCUT2D eigenvalue weighted by Gasteiger charge is -2.37. The first-order valence-corrected chi connectivity index (χ1v) is 6.46. The van der Waals surface area contributed by atoms with E-state index >= 15 is 0 Å². The highest BCUT2D eigenvalue weighted by Gasteiger charge is 2.44. The van der Waals surface area contributed by atoms with Crippen molar-refractivity contribution in [2.45, 2.75) is 49.9 Å². The number of halogens is 1. The van der Waals surface area contributed by atoms with E-state index in [2.05, 4.69) is 11.4 Å². The number of nitrogens with one attached hydrogen (secondary N) is 1. The molecule has 0 amide bonds. The minimum Gasteiger partial charge on any atom is -0.379 e. The first kappa shape index (κ1) is 11.0. The molecule has 0 bridgehead atoms. The first-order valence-electron chi connectivity index (χ1n) is 6.46. The second-order valence-electron chi connectivity index (χ2n) is 5.45. The van der Waals surface area contributed by atoms with Crippen LogP contribution in [0.3, 0.4) is 0 Å². The van der Waals surface area contributed by atoms with Crippen LogP contribution < -0.4 is 11.1 Å². The number of hydrogen-bond acceptors (Lipinski definition) is 2. The van der Waals surface area contributed by atoms with E-state index in [9.17, 15) is 4.39 Å². The first-order chi connectivity index (χ1) is 8.17. The van der Waals surface area contributed by atoms with Gasteiger partial charge in [-0.05, 0) is 43.7 Å². The summed E-state index contributed by atoms with van der Waals surface area (Å²) in [6.07, 6.45) is 3.81. The van der Waals surface area contributed by atoms with Crippen molar-refractivity contribution in [3.8, 4) is 0 Å². The van der Waals surface area contributed by atoms with Gasteiger partial charge in [-0.3, -0.25) is 0 Å². The topological polar surface area (TPSA) is 38.0 Å². The largest absolute Gasteiger partial charge is 0.379 e. The number of hydrogen-bond donors (Lipinski definition) is 2. The molecule has 1 aromatic rings. The third-order valence-corrected chi connectivity index (χ3v) is 4.16. The predicted octanol–water partition coefficient (Wildman–Crippen LogP) is 2.63. The maximum atomic E-state index is 15.0. The minimum absolute atomic E-state index is 0.0271. The van der Waals surface area contributed by atoms with Gasteiger partial charge in [0.05, 0.1) is 6.04 Å². The molecule has 1 fully saturated rings. The Balaban J connectivity index is 1.79. The van der Waals surface area contributed by atoms with Crippen LogP contribution in [0.4, 0.5) is 10.1 Å². The van der Waals surface area contributed by atoms with Gasteiger partial charge in [-0.15, -0.1) is 0 Å². The van der Waals surface area contributed by atoms with Crippen molar-refractivity contribution in [3.63, 3.8) is 0 Å². The van der Waals surface area contributed by atoms with Gasteiger partial charge in [0.2, 0.25) is 0 Å². The summed E-state index contributed by atoms with van der Waals surface area (Å²) in [5.74, 6) is 0. The van der Waals surface area contributed by atoms with Gasteiger partial charge in [-0.25, -0.2) is 4.39 Å². The van der Waals surface area contributed by atoms with Crippen molar-refractivity contribution >= 4 is 5.69 Å². The molecule has 3 heteroatoms. The van der Waals surface area contributed by atoms with Crippen LogP contribution in [-0.2, 0) is 6.42 Å². The van der Waals surface area contributed by atoms with Crippen LogP contribution in [0, 0.1) is 0 Å². The molecule has 1 heterocycles. The van der Waals surface area contributed by atoms with E-state index in [1.165, 1.54) is 5.56 Å². The molecule has 1 aliphatic carbocycles. The third kappa shape index (κ3) is 1.93. The Morgan fingerprint density at radius 1 is 1.35 bits per heavy atom. The molecule has 1 saturated carbocycles. The molecule has 3 atom stereocenters. The summed E-state index contributed by atoms with van der Waals surface area (Å²) < 4.78 is 15.0. The molecule has 0 spiro atoms. The Kier molecular flexibility index (Phi) is 2.58. The van der Waals surface area contributed by atoms with Crippen LogP contribution in [0.1, 0.15) is 31.2 Å². The van der Waals surface area contributed by atoms with Gasteiger partial charge in [0.1, 0.15) is 5.67 Å². The molecule has 3 N–H and O–H groups in total. The number of fused-ring (bicyclic) bond motifs is 1. The van der Waals surface area contributed by atoms with Gasteiger partial charge in [0.15, 0.2) is 0 Å². The van der Waals surface area contributed by atoms with Crippen LogP contribution in [0.15, 0.2) is 24.3 Å². The third-order valence-electron chi connectivity index (χ3n) is 4.16. The fourth-order valence-corrected chi connectivity index (χ4v) is 3.22. The zero-order valence-electron chi connectivity index (χ0n) is 9.95. The summed E-state index contributed by atoms with van der Waals surface area (Å²) in [7, 11) is 0. The zero-order chi connectivity index (χ0) is 11.9. The van der Waals surface area contributed by atoms with Crippen LogP contribution in [0.5, 0.6) is 0 Å². The average molecular weight is 234 g/mol. The molecule has 92 valence electrons. The lowest BCUT2D eigenvalue weighted by atomic mass is 9.78. The monoisotopic (exact) mass is 234 g/mol. The molecule has 3 rings (SSSR count). The van der Waals surface area contributed by atoms with Crippen LogP contribution in [0.25, 0.3) is 0 Å². The highest BCUT2D eigenvalue weighted by Crippen LogP contribution is 2.40. The smallest absolute Gasteiger partial charge is 0.132 e. The van der Waals surface area contributed by atoms with Gasteiger partial charge in [-0.1, -0.05) is 18.2 Å². The van der Waals surface area contributed by atoms with Gasteiger partial charge >= 0.3 is 0 Å². The van der Waals surface area contributed by atoms with Crippen molar-refractivity contribution in [1.29, 1.82) is 0 Å². The molecule has 3 unspecified atom stereocenters. The van der Waals surface area contributed by atoms with E-state index in [1.807, 2.05) is 18.2 Å². The van der Waals surface area contributed by atoms with Crippen LogP contribution in [0.2, 0.25) is 0 Å². The zero-order valence-corrected chi connectivity index (χ0v) is 9.95. The van der Waals surface area contributed by atoms with Crippen molar-refractivity contribution < 1.29 is 4.39 Å². The van der Waals surface area contributed by atoms with Gasteiger partial charge in [0.25, 0.3) is 0 Å². The number of nitrogens with two attached hydrogens (primary N) is 1. The summed E-state index contributed by atoms with van der Waals surface area (Å²) in [6.45, 7) is 0. The molecule has 1 aromatic carbocycles. The van der Waals surface area contributed by atoms with Crippen molar-refractivity contribution in [2.24, 2.45) is 5.73 Å². The van der Waals surface area contributed by atoms with E-state index < -0.39 is 5.67 Å². The maximum absolute atomic E-state index is 15.0. The Morgan fingerprint density at radius 2 is 2.18 bits per heavy atom. The van der Waals surface area contributed by atoms with E-state index in [1.54, 1.807) is 0 Å². The summed E-state index contributed by atoms with van der Waals surface area (Å²) >= 11 is 0. The summed E-state index contributed by atoms with van der Waals surface area (Å²) in [4.78, 5) is 0. The van der Waals surface area contributed by atoms with Gasteiger partial charge < -0.3 is 11.1 Å². The second kappa shape index (κ2) is 3.98. The molecule has 0 radical (unpaired) electrons. The molecule has 0 aromatic heterocycles. The van der Waals surface area contributed by atoms with Gasteiger partial charge in [-0.2, -0.15) is 0 Å². The quantitative estimate of drug-likeness (QED) is 0.784. The molecule has 1 aliphatic heterocycles. The molecular formula is C14H19FN2. The van der Waals surface area contributed by atoms with Crippen LogP contribution in [-0.4, -0.2) is 17.8 Å². The lowest BCUT2D eigenvalue weighted by molar-refractivity contribution is 0.0761. The number of alkyl halides is 1. The molecule has 17 heavy (non-hydrogen) atoms. The number of rotatable bonds is 1. The Bertz CT molecular complexity index is 395. The maximum Gasteiger partial charge on any atom is 0.132 e. The highest BCUT2D eigenvalue weighted by atomic mass is 19.1. The summed E-state index contributed by atoms with van der Waals surface area (Å²) in [5.41, 5.74) is 7.11. The summed E-state index contributed by atoms with van der Waals surface area (Å²) in [5, 5.41) is 3.33. The van der Waals surface area contributed by atoms with E-state index in [4.69, 9.17) is 5.73 Å². The van der Waals surface area contributed by atoms with Gasteiger partial charge in [0, 0.05) is 11.7 Å². The molecule has 2 aliphatic rings. The predicted molar refractivity (Wildman–Crippen MR) is 67.8 cm³/mol. The van der Waals surface area contributed by atoms with E-state index in [0.717, 1.165) is 24.9 Å². The normalized spacial score (nSPS) is 36.4. The minimum atomic E-state index is -1.13. The Morgan fingerprint density at radius 3 is 2.94 bits per heavy atom. The SMILES string of the molecule is NC1CCCC(F)(C2Cc3ccccc3N2)C1. The van der Waals surface area contributed by atoms with Crippen molar-refractivity contribution in [1.82, 2.24) is 0 Å². The number of anilines is 1. The van der Waals surface area contributed by atoms with Crippen molar-refractivity contribution in [2.75, 3.05) is 5.32 Å². The van der Waals surface area contributed by atoms with E-state index in [-0.39, 0.29) is 12.1 Å². The molecule has 2 nitrogen and oxygen atoms in total. The number of benzene rings is 1. The highest BCUT2D eigenvalue weighted by molar-refractivity contribution is 5.57. The average Bonchev–Trinajstić information content (AvgIpc) is 2.73. The van der Waals surface area contributed by atoms with Crippen LogP contribution >= 0.6 is 0 Å². The Hall–Kier alpha value is -1.09. The van der Waals surface area contributed by atoms with Crippen molar-refractivity contribution in [3.05, 3.63) is 29.8 Å². The number of para-hydroxylation sites is 1. The standard InChI is InChI=1S/C14H19FN2/c15-14(7-3-5-11(16)9-14)13-8-10-4-1-2-6-12(10)17-13/h1-2,4,6,11,13,17H,3,5,7-9,16H2. The second-order valence-corrected chi connectivity index (χ2v) is 5.45. The summed E-state index contributed by atoms with van der Waals surface area (Å²) in [6, 6.07) is 8.05. The molecular weight excluding hydrogens is 215 g/mol. The molecule has 0 saturated heterocycles.